The van der Waals surface area contributed by atoms with Crippen LogP contribution in [0.4, 0.5) is 15.8 Å². The predicted molar refractivity (Wildman–Crippen MR) is 79.5 cm³/mol. The highest BCUT2D eigenvalue weighted by Gasteiger charge is 2.23. The quantitative estimate of drug-likeness (QED) is 0.509. The molecule has 1 saturated heterocycles. The smallest absolute Gasteiger partial charge is 0.293 e. The van der Waals surface area contributed by atoms with Gasteiger partial charge in [0.2, 0.25) is 0 Å². The molecule has 21 heavy (non-hydrogen) atoms. The highest BCUT2D eigenvalue weighted by molar-refractivity contribution is 9.10. The van der Waals surface area contributed by atoms with Crippen molar-refractivity contribution < 1.29 is 9.31 Å². The van der Waals surface area contributed by atoms with Gasteiger partial charge in [-0.05, 0) is 28.8 Å². The summed E-state index contributed by atoms with van der Waals surface area (Å²) in [6, 6.07) is 4.45. The number of nitro groups is 1. The number of nitrogens with one attached hydrogen (secondary N) is 1. The van der Waals surface area contributed by atoms with Crippen molar-refractivity contribution in [3.8, 4) is 6.07 Å². The maximum Gasteiger partial charge on any atom is 0.293 e. The van der Waals surface area contributed by atoms with Gasteiger partial charge in [0.25, 0.3) is 5.69 Å². The van der Waals surface area contributed by atoms with Crippen molar-refractivity contribution in [1.29, 1.82) is 5.26 Å². The highest BCUT2D eigenvalue weighted by Crippen LogP contribution is 2.32. The lowest BCUT2D eigenvalue weighted by molar-refractivity contribution is -0.384. The van der Waals surface area contributed by atoms with Crippen LogP contribution in [0, 0.1) is 27.3 Å². The van der Waals surface area contributed by atoms with Gasteiger partial charge in [0.05, 0.1) is 22.0 Å². The van der Waals surface area contributed by atoms with Crippen molar-refractivity contribution in [2.45, 2.75) is 18.9 Å². The maximum absolute atomic E-state index is 13.6. The first-order chi connectivity index (χ1) is 10.0. The zero-order chi connectivity index (χ0) is 15.4. The lowest BCUT2D eigenvalue weighted by Gasteiger charge is -2.31. The SMILES string of the molecule is N#CCN1CCC(Nc2cc(F)c(Br)cc2[N+](=O)[O-])CC1. The highest BCUT2D eigenvalue weighted by atomic mass is 79.9. The number of nitriles is 1. The summed E-state index contributed by atoms with van der Waals surface area (Å²) in [5, 5.41) is 22.7. The molecule has 6 nitrogen and oxygen atoms in total. The van der Waals surface area contributed by atoms with E-state index < -0.39 is 10.7 Å². The van der Waals surface area contributed by atoms with E-state index in [2.05, 4.69) is 27.3 Å². The van der Waals surface area contributed by atoms with Crippen molar-refractivity contribution in [1.82, 2.24) is 4.90 Å². The summed E-state index contributed by atoms with van der Waals surface area (Å²) in [5.41, 5.74) is 0.0437. The Morgan fingerprint density at radius 2 is 2.19 bits per heavy atom. The summed E-state index contributed by atoms with van der Waals surface area (Å²) in [6.45, 7) is 1.88. The monoisotopic (exact) mass is 356 g/mol. The van der Waals surface area contributed by atoms with E-state index in [1.807, 2.05) is 4.90 Å². The number of benzene rings is 1. The van der Waals surface area contributed by atoms with Gasteiger partial charge in [-0.15, -0.1) is 0 Å². The fourth-order valence-electron chi connectivity index (χ4n) is 2.36. The Kier molecular flexibility index (Phi) is 5.09. The number of piperidine rings is 1. The van der Waals surface area contributed by atoms with Gasteiger partial charge in [0.1, 0.15) is 11.5 Å². The molecule has 0 saturated carbocycles. The summed E-state index contributed by atoms with van der Waals surface area (Å²) >= 11 is 2.95. The number of rotatable bonds is 4. The number of likely N-dealkylation sites (tertiary alicyclic amines) is 1. The van der Waals surface area contributed by atoms with E-state index in [0.29, 0.717) is 6.54 Å². The van der Waals surface area contributed by atoms with Crippen LogP contribution in [-0.2, 0) is 0 Å². The largest absolute Gasteiger partial charge is 0.377 e. The van der Waals surface area contributed by atoms with Crippen molar-refractivity contribution in [3.63, 3.8) is 0 Å². The summed E-state index contributed by atoms with van der Waals surface area (Å²) in [4.78, 5) is 12.5. The third kappa shape index (κ3) is 3.89. The lowest BCUT2D eigenvalue weighted by Crippen LogP contribution is -2.39. The molecule has 0 spiro atoms. The molecule has 8 heteroatoms. The number of hydrogen-bond donors (Lipinski definition) is 1. The minimum absolute atomic E-state index is 0.0409. The second kappa shape index (κ2) is 6.83. The fourth-order valence-corrected chi connectivity index (χ4v) is 2.69. The molecular weight excluding hydrogens is 343 g/mol. The molecule has 0 radical (unpaired) electrons. The van der Waals surface area contributed by atoms with Crippen LogP contribution in [-0.4, -0.2) is 35.5 Å². The molecule has 1 aromatic carbocycles. The van der Waals surface area contributed by atoms with Crippen LogP contribution >= 0.6 is 15.9 Å². The van der Waals surface area contributed by atoms with Gasteiger partial charge in [-0.3, -0.25) is 15.0 Å². The van der Waals surface area contributed by atoms with Crippen LogP contribution < -0.4 is 5.32 Å². The van der Waals surface area contributed by atoms with E-state index >= 15 is 0 Å². The number of halogens is 2. The zero-order valence-electron chi connectivity index (χ0n) is 11.2. The first kappa shape index (κ1) is 15.7. The average Bonchev–Trinajstić information content (AvgIpc) is 2.44. The minimum atomic E-state index is -0.537. The molecule has 1 aromatic rings. The summed E-state index contributed by atoms with van der Waals surface area (Å²) < 4.78 is 13.7. The maximum atomic E-state index is 13.6. The molecule has 1 heterocycles. The topological polar surface area (TPSA) is 82.2 Å². The van der Waals surface area contributed by atoms with Gasteiger partial charge in [-0.2, -0.15) is 5.26 Å². The van der Waals surface area contributed by atoms with E-state index in [1.165, 1.54) is 6.07 Å². The predicted octanol–water partition coefficient (Wildman–Crippen LogP) is 2.90. The van der Waals surface area contributed by atoms with Crippen LogP contribution in [0.5, 0.6) is 0 Å². The van der Waals surface area contributed by atoms with E-state index in [4.69, 9.17) is 5.26 Å². The van der Waals surface area contributed by atoms with Gasteiger partial charge >= 0.3 is 0 Å². The molecule has 2 rings (SSSR count). The molecule has 112 valence electrons. The number of nitro benzene ring substituents is 1. The second-order valence-electron chi connectivity index (χ2n) is 4.89. The van der Waals surface area contributed by atoms with Crippen LogP contribution in [0.25, 0.3) is 0 Å². The number of hydrogen-bond acceptors (Lipinski definition) is 5. The molecule has 1 fully saturated rings. The first-order valence-corrected chi connectivity index (χ1v) is 7.30. The van der Waals surface area contributed by atoms with Gasteiger partial charge in [-0.1, -0.05) is 0 Å². The van der Waals surface area contributed by atoms with E-state index in [-0.39, 0.29) is 21.9 Å². The first-order valence-electron chi connectivity index (χ1n) is 6.50. The lowest BCUT2D eigenvalue weighted by atomic mass is 10.0. The molecule has 0 atom stereocenters. The Bertz CT molecular complexity index is 582. The summed E-state index contributed by atoms with van der Waals surface area (Å²) in [5.74, 6) is -0.537. The number of nitrogens with zero attached hydrogens (tertiary/aromatic N) is 3. The Morgan fingerprint density at radius 1 is 1.52 bits per heavy atom. The molecule has 0 bridgehead atoms. The van der Waals surface area contributed by atoms with E-state index in [9.17, 15) is 14.5 Å². The summed E-state index contributed by atoms with van der Waals surface area (Å²) in [6.07, 6.45) is 1.52. The van der Waals surface area contributed by atoms with Crippen LogP contribution in [0.2, 0.25) is 0 Å². The Balaban J connectivity index is 2.08. The Labute approximate surface area is 129 Å². The van der Waals surface area contributed by atoms with Gasteiger partial charge in [0.15, 0.2) is 0 Å². The third-order valence-electron chi connectivity index (χ3n) is 3.48. The van der Waals surface area contributed by atoms with Crippen molar-refractivity contribution in [2.24, 2.45) is 0 Å². The van der Waals surface area contributed by atoms with Crippen LogP contribution in [0.15, 0.2) is 16.6 Å². The fraction of sp³-hybridized carbons (Fsp3) is 0.462. The van der Waals surface area contributed by atoms with Gasteiger partial charge < -0.3 is 5.32 Å². The molecule has 0 amide bonds. The molecule has 1 N–H and O–H groups in total. The molecule has 0 aromatic heterocycles. The van der Waals surface area contributed by atoms with E-state index in [0.717, 1.165) is 32.0 Å². The van der Waals surface area contributed by atoms with Crippen molar-refractivity contribution >= 4 is 27.3 Å². The Hall–Kier alpha value is -1.72. The van der Waals surface area contributed by atoms with E-state index in [1.54, 1.807) is 0 Å². The van der Waals surface area contributed by atoms with Gasteiger partial charge in [-0.25, -0.2) is 4.39 Å². The molecular formula is C13H14BrFN4O2. The standard InChI is InChI=1S/C13H14BrFN4O2/c14-10-7-13(19(20)21)12(8-11(10)15)17-9-1-4-18(5-2-9)6-3-16/h7-9,17H,1-2,4-6H2. The normalized spacial score (nSPS) is 16.4. The Morgan fingerprint density at radius 3 is 2.76 bits per heavy atom. The molecule has 1 aliphatic rings. The van der Waals surface area contributed by atoms with Gasteiger partial charge in [0, 0.05) is 31.3 Å². The van der Waals surface area contributed by atoms with Crippen molar-refractivity contribution in [2.75, 3.05) is 25.0 Å². The molecule has 0 aliphatic carbocycles. The van der Waals surface area contributed by atoms with Crippen LogP contribution in [0.3, 0.4) is 0 Å². The molecule has 0 unspecified atom stereocenters. The average molecular weight is 357 g/mol. The third-order valence-corrected chi connectivity index (χ3v) is 4.08. The number of anilines is 1. The molecule has 1 aliphatic heterocycles. The second-order valence-corrected chi connectivity index (χ2v) is 5.75. The zero-order valence-corrected chi connectivity index (χ0v) is 12.8. The van der Waals surface area contributed by atoms with Crippen molar-refractivity contribution in [3.05, 3.63) is 32.5 Å². The minimum Gasteiger partial charge on any atom is -0.377 e. The summed E-state index contributed by atoms with van der Waals surface area (Å²) in [7, 11) is 0. The van der Waals surface area contributed by atoms with Crippen LogP contribution in [0.1, 0.15) is 12.8 Å².